The molecule has 0 saturated carbocycles. The van der Waals surface area contributed by atoms with E-state index in [0.717, 1.165) is 18.2 Å². The van der Waals surface area contributed by atoms with E-state index in [1.165, 1.54) is 0 Å². The topological polar surface area (TPSA) is 108 Å². The van der Waals surface area contributed by atoms with Crippen LogP contribution in [0.5, 0.6) is 11.5 Å². The van der Waals surface area contributed by atoms with Crippen LogP contribution in [-0.4, -0.2) is 36.1 Å². The molecular weight excluding hydrogens is 314 g/mol. The predicted molar refractivity (Wildman–Crippen MR) is 64.7 cm³/mol. The number of ether oxygens (including phenoxy) is 2. The minimum Gasteiger partial charge on any atom is -0.431 e. The fraction of sp³-hybridized carbons (Fsp3) is 0.455. The molecule has 2 unspecified atom stereocenters. The van der Waals surface area contributed by atoms with Gasteiger partial charge in [0, 0.05) is 4.91 Å². The highest BCUT2D eigenvalue weighted by molar-refractivity contribution is 5.44. The van der Waals surface area contributed by atoms with Gasteiger partial charge >= 0.3 is 13.2 Å². The Bertz CT molecular complexity index is 540. The van der Waals surface area contributed by atoms with Crippen LogP contribution in [0.2, 0.25) is 0 Å². The summed E-state index contributed by atoms with van der Waals surface area (Å²) < 4.78 is 56.9. The number of aliphatic hydroxyl groups is 2. The van der Waals surface area contributed by atoms with Crippen LogP contribution in [0.1, 0.15) is 11.7 Å². The molecule has 0 aliphatic rings. The molecule has 0 amide bonds. The predicted octanol–water partition coefficient (Wildman–Crippen LogP) is 2.59. The van der Waals surface area contributed by atoms with Gasteiger partial charge in [-0.25, -0.2) is 0 Å². The van der Waals surface area contributed by atoms with Crippen molar-refractivity contribution in [3.8, 4) is 11.5 Å². The van der Waals surface area contributed by atoms with Crippen LogP contribution in [0, 0.1) is 0 Å². The van der Waals surface area contributed by atoms with Crippen molar-refractivity contribution in [2.24, 2.45) is 5.11 Å². The third-order valence-corrected chi connectivity index (χ3v) is 2.44. The Hall–Kier alpha value is -2.23. The maximum atomic E-state index is 12.3. The van der Waals surface area contributed by atoms with E-state index in [9.17, 15) is 27.8 Å². The van der Waals surface area contributed by atoms with E-state index in [-0.39, 0.29) is 5.56 Å². The van der Waals surface area contributed by atoms with Gasteiger partial charge in [0.25, 0.3) is 0 Å². The van der Waals surface area contributed by atoms with E-state index < -0.39 is 43.5 Å². The summed E-state index contributed by atoms with van der Waals surface area (Å²) in [7, 11) is 0. The van der Waals surface area contributed by atoms with Crippen molar-refractivity contribution in [2.45, 2.75) is 25.4 Å². The molecule has 7 nitrogen and oxygen atoms in total. The van der Waals surface area contributed by atoms with Gasteiger partial charge in [0.15, 0.2) is 11.5 Å². The number of hydrogen-bond donors (Lipinski definition) is 2. The zero-order valence-corrected chi connectivity index (χ0v) is 10.8. The zero-order chi connectivity index (χ0) is 16.7. The molecule has 0 fully saturated rings. The Kier molecular flexibility index (Phi) is 6.70. The summed E-state index contributed by atoms with van der Waals surface area (Å²) in [6.07, 6.45) is -3.12. The summed E-state index contributed by atoms with van der Waals surface area (Å²) in [6.45, 7) is -7.04. The summed E-state index contributed by atoms with van der Waals surface area (Å²) in [5, 5.41) is 22.4. The van der Waals surface area contributed by atoms with Crippen molar-refractivity contribution >= 4 is 0 Å². The van der Waals surface area contributed by atoms with Crippen LogP contribution >= 0.6 is 0 Å². The van der Waals surface area contributed by atoms with Crippen molar-refractivity contribution in [3.05, 3.63) is 34.2 Å². The van der Waals surface area contributed by atoms with Crippen molar-refractivity contribution in [1.82, 2.24) is 0 Å². The lowest BCUT2D eigenvalue weighted by molar-refractivity contribution is -0.0694. The van der Waals surface area contributed by atoms with Gasteiger partial charge in [-0.1, -0.05) is 11.2 Å². The van der Waals surface area contributed by atoms with E-state index in [2.05, 4.69) is 19.5 Å². The number of aliphatic hydroxyl groups excluding tert-OH is 2. The third-order valence-electron chi connectivity index (χ3n) is 2.44. The highest BCUT2D eigenvalue weighted by atomic mass is 19.3. The fourth-order valence-corrected chi connectivity index (χ4v) is 1.53. The lowest BCUT2D eigenvalue weighted by Gasteiger charge is -2.18. The quantitative estimate of drug-likeness (QED) is 0.331. The summed E-state index contributed by atoms with van der Waals surface area (Å²) >= 11 is 0. The van der Waals surface area contributed by atoms with E-state index in [4.69, 9.17) is 5.53 Å². The normalized spacial score (nSPS) is 13.6. The third kappa shape index (κ3) is 5.28. The zero-order valence-electron chi connectivity index (χ0n) is 10.8. The summed E-state index contributed by atoms with van der Waals surface area (Å²) in [4.78, 5) is 2.38. The highest BCUT2D eigenvalue weighted by Gasteiger charge is 2.21. The molecule has 0 heterocycles. The maximum absolute atomic E-state index is 12.3. The molecule has 2 N–H and O–H groups in total. The first-order chi connectivity index (χ1) is 10.3. The Labute approximate surface area is 121 Å². The maximum Gasteiger partial charge on any atom is 0.387 e. The molecule has 1 rings (SSSR count). The minimum absolute atomic E-state index is 0.113. The van der Waals surface area contributed by atoms with Gasteiger partial charge in [-0.3, -0.25) is 0 Å². The van der Waals surface area contributed by atoms with Crippen molar-refractivity contribution in [2.75, 3.05) is 6.54 Å². The highest BCUT2D eigenvalue weighted by Crippen LogP contribution is 2.33. The van der Waals surface area contributed by atoms with Crippen molar-refractivity contribution in [3.63, 3.8) is 0 Å². The Balaban J connectivity index is 3.03. The molecule has 0 aliphatic carbocycles. The molecule has 22 heavy (non-hydrogen) atoms. The second kappa shape index (κ2) is 8.27. The van der Waals surface area contributed by atoms with Crippen LogP contribution in [0.15, 0.2) is 23.3 Å². The average molecular weight is 325 g/mol. The van der Waals surface area contributed by atoms with Gasteiger partial charge in [-0.05, 0) is 23.2 Å². The average Bonchev–Trinajstić information content (AvgIpc) is 2.44. The Morgan fingerprint density at radius 3 is 2.23 bits per heavy atom. The second-order valence-electron chi connectivity index (χ2n) is 3.89. The van der Waals surface area contributed by atoms with E-state index in [1.807, 2.05) is 0 Å². The minimum atomic E-state index is -3.31. The lowest BCUT2D eigenvalue weighted by atomic mass is 10.0. The lowest BCUT2D eigenvalue weighted by Crippen LogP contribution is -2.21. The van der Waals surface area contributed by atoms with Gasteiger partial charge in [0.2, 0.25) is 0 Å². The summed E-state index contributed by atoms with van der Waals surface area (Å²) in [5.41, 5.74) is 7.99. The van der Waals surface area contributed by atoms with Gasteiger partial charge in [0.1, 0.15) is 6.10 Å². The van der Waals surface area contributed by atoms with Gasteiger partial charge in [0.05, 0.1) is 12.6 Å². The SMILES string of the molecule is [N-]=[N+]=NCC(O)C(O)c1ccc(OC(F)F)c(OC(F)F)c1. The first kappa shape index (κ1) is 17.8. The Morgan fingerprint density at radius 1 is 1.09 bits per heavy atom. The molecule has 0 bridgehead atoms. The number of benzene rings is 1. The number of halogens is 4. The fourth-order valence-electron chi connectivity index (χ4n) is 1.53. The number of alkyl halides is 4. The van der Waals surface area contributed by atoms with Crippen molar-refractivity contribution < 1.29 is 37.2 Å². The molecule has 1 aromatic carbocycles. The number of nitrogens with zero attached hydrogens (tertiary/aromatic N) is 3. The molecular formula is C11H11F4N3O4. The largest absolute Gasteiger partial charge is 0.431 e. The summed E-state index contributed by atoms with van der Waals surface area (Å²) in [5.74, 6) is -1.39. The van der Waals surface area contributed by atoms with Crippen molar-refractivity contribution in [1.29, 1.82) is 0 Å². The first-order valence-electron chi connectivity index (χ1n) is 5.75. The standard InChI is InChI=1S/C11H11F4N3O4/c12-10(13)21-7-2-1-5(3-8(7)22-11(14)15)9(20)6(19)4-17-18-16/h1-3,6,9-11,19-20H,4H2. The number of rotatable bonds is 8. The van der Waals surface area contributed by atoms with E-state index in [0.29, 0.717) is 0 Å². The van der Waals surface area contributed by atoms with Gasteiger partial charge < -0.3 is 19.7 Å². The van der Waals surface area contributed by atoms with E-state index >= 15 is 0 Å². The molecule has 0 spiro atoms. The van der Waals surface area contributed by atoms with Gasteiger partial charge in [-0.15, -0.1) is 0 Å². The molecule has 1 aromatic rings. The molecule has 0 aliphatic heterocycles. The second-order valence-corrected chi connectivity index (χ2v) is 3.89. The van der Waals surface area contributed by atoms with Crippen LogP contribution in [0.25, 0.3) is 10.4 Å². The van der Waals surface area contributed by atoms with Gasteiger partial charge in [-0.2, -0.15) is 17.6 Å². The molecule has 0 radical (unpaired) electrons. The Morgan fingerprint density at radius 2 is 1.68 bits per heavy atom. The van der Waals surface area contributed by atoms with E-state index in [1.54, 1.807) is 0 Å². The van der Waals surface area contributed by atoms with Crippen LogP contribution in [0.3, 0.4) is 0 Å². The van der Waals surface area contributed by atoms with Crippen LogP contribution in [0.4, 0.5) is 17.6 Å². The number of hydrogen-bond acceptors (Lipinski definition) is 5. The molecule has 11 heteroatoms. The molecule has 0 aromatic heterocycles. The monoisotopic (exact) mass is 325 g/mol. The number of azide groups is 1. The molecule has 122 valence electrons. The summed E-state index contributed by atoms with van der Waals surface area (Å²) in [6, 6.07) is 2.76. The molecule has 2 atom stereocenters. The first-order valence-corrected chi connectivity index (χ1v) is 5.75. The molecule has 0 saturated heterocycles. The smallest absolute Gasteiger partial charge is 0.387 e. The van der Waals surface area contributed by atoms with Crippen LogP contribution in [-0.2, 0) is 0 Å². The van der Waals surface area contributed by atoms with Crippen LogP contribution < -0.4 is 9.47 Å².